The zero-order valence-corrected chi connectivity index (χ0v) is 10.4. The largest absolute Gasteiger partial charge is 0.476 e. The molecule has 1 saturated carbocycles. The second-order valence-electron chi connectivity index (χ2n) is 3.94. The molecule has 0 aromatic carbocycles. The zero-order chi connectivity index (χ0) is 10.7. The molecule has 0 amide bonds. The molecule has 4 heteroatoms. The number of carbonyl (C=O) groups is 1. The summed E-state index contributed by atoms with van der Waals surface area (Å²) >= 11 is 6.47. The van der Waals surface area contributed by atoms with Crippen molar-refractivity contribution >= 4 is 34.1 Å². The van der Waals surface area contributed by atoms with E-state index in [1.807, 2.05) is 13.8 Å². The number of ketones is 1. The lowest BCUT2D eigenvalue weighted by molar-refractivity contribution is -0.117. The third-order valence-electron chi connectivity index (χ3n) is 2.24. The fraction of sp³-hybridized carbons (Fsp3) is 0.800. The Kier molecular flexibility index (Phi) is 4.38. The molecule has 0 aromatic rings. The molecule has 80 valence electrons. The maximum atomic E-state index is 11.5. The van der Waals surface area contributed by atoms with E-state index in [2.05, 4.69) is 6.92 Å². The molecule has 0 saturated heterocycles. The van der Waals surface area contributed by atoms with Crippen LogP contribution < -0.4 is 0 Å². The molecule has 1 fully saturated rings. The van der Waals surface area contributed by atoms with Crippen molar-refractivity contribution in [2.75, 3.05) is 0 Å². The molecule has 0 heterocycles. The summed E-state index contributed by atoms with van der Waals surface area (Å²) in [6.07, 6.45) is 1.78. The van der Waals surface area contributed by atoms with Crippen molar-refractivity contribution in [2.45, 2.75) is 45.0 Å². The van der Waals surface area contributed by atoms with Gasteiger partial charge in [-0.25, -0.2) is 0 Å². The van der Waals surface area contributed by atoms with Gasteiger partial charge in [-0.1, -0.05) is 18.7 Å². The van der Waals surface area contributed by atoms with Crippen LogP contribution in [0.1, 0.15) is 33.6 Å². The van der Waals surface area contributed by atoms with Crippen LogP contribution in [0.4, 0.5) is 0 Å². The minimum absolute atomic E-state index is 0.0289. The molecule has 1 rings (SSSR count). The summed E-state index contributed by atoms with van der Waals surface area (Å²) in [5.74, 6) is 0.749. The van der Waals surface area contributed by atoms with Crippen LogP contribution in [0.15, 0.2) is 0 Å². The van der Waals surface area contributed by atoms with Crippen molar-refractivity contribution in [3.8, 4) is 0 Å². The van der Waals surface area contributed by atoms with E-state index in [1.54, 1.807) is 0 Å². The molecule has 1 aliphatic carbocycles. The minimum atomic E-state index is 0.0289. The Balaban J connectivity index is 2.43. The van der Waals surface area contributed by atoms with Crippen molar-refractivity contribution in [2.24, 2.45) is 5.92 Å². The van der Waals surface area contributed by atoms with Crippen LogP contribution in [0.25, 0.3) is 0 Å². The van der Waals surface area contributed by atoms with Gasteiger partial charge in [0.05, 0.1) is 11.4 Å². The highest BCUT2D eigenvalue weighted by Gasteiger charge is 2.33. The van der Waals surface area contributed by atoms with Crippen molar-refractivity contribution < 1.29 is 9.53 Å². The lowest BCUT2D eigenvalue weighted by Gasteiger charge is -2.15. The van der Waals surface area contributed by atoms with Gasteiger partial charge in [-0.3, -0.25) is 4.79 Å². The van der Waals surface area contributed by atoms with Crippen molar-refractivity contribution in [3.63, 3.8) is 0 Å². The topological polar surface area (TPSA) is 26.3 Å². The van der Waals surface area contributed by atoms with Gasteiger partial charge in [0.1, 0.15) is 5.78 Å². The van der Waals surface area contributed by atoms with Crippen LogP contribution in [-0.2, 0) is 9.53 Å². The number of ether oxygens (including phenoxy) is 1. The average Bonchev–Trinajstić information content (AvgIpc) is 2.34. The third-order valence-corrected chi connectivity index (χ3v) is 3.89. The van der Waals surface area contributed by atoms with Gasteiger partial charge in [-0.2, -0.15) is 0 Å². The normalized spacial score (nSPS) is 27.0. The van der Waals surface area contributed by atoms with Crippen LogP contribution in [0, 0.1) is 5.92 Å². The number of hydrogen-bond donors (Lipinski definition) is 0. The Labute approximate surface area is 94.8 Å². The highest BCUT2D eigenvalue weighted by molar-refractivity contribution is 8.23. The highest BCUT2D eigenvalue weighted by atomic mass is 32.2. The van der Waals surface area contributed by atoms with Gasteiger partial charge in [-0.15, -0.1) is 0 Å². The van der Waals surface area contributed by atoms with Gasteiger partial charge in [0.2, 0.25) is 4.38 Å². The smallest absolute Gasteiger partial charge is 0.220 e. The Hall–Kier alpha value is -0.0900. The van der Waals surface area contributed by atoms with Crippen LogP contribution in [0.2, 0.25) is 0 Å². The first-order chi connectivity index (χ1) is 6.50. The van der Waals surface area contributed by atoms with E-state index in [0.717, 1.165) is 6.42 Å². The molecular weight excluding hydrogens is 216 g/mol. The molecule has 1 aliphatic rings. The SMILES string of the molecule is CC(C)OC(=S)SC1C(=O)CCC1C. The number of thioether (sulfide) groups is 1. The Morgan fingerprint density at radius 1 is 1.64 bits per heavy atom. The second-order valence-corrected chi connectivity index (χ2v) is 5.68. The molecule has 0 aromatic heterocycles. The molecule has 0 aliphatic heterocycles. The standard InChI is InChI=1S/C10H16O2S2/c1-6(2)12-10(13)14-9-7(3)4-5-8(9)11/h6-7,9H,4-5H2,1-3H3. The molecule has 0 radical (unpaired) electrons. The van der Waals surface area contributed by atoms with Crippen LogP contribution in [-0.4, -0.2) is 21.5 Å². The van der Waals surface area contributed by atoms with Gasteiger partial charge < -0.3 is 4.74 Å². The van der Waals surface area contributed by atoms with E-state index >= 15 is 0 Å². The van der Waals surface area contributed by atoms with E-state index < -0.39 is 0 Å². The summed E-state index contributed by atoms with van der Waals surface area (Å²) in [7, 11) is 0. The fourth-order valence-corrected chi connectivity index (χ4v) is 3.06. The summed E-state index contributed by atoms with van der Waals surface area (Å²) in [6.45, 7) is 5.97. The number of Topliss-reactive ketones (excluding diaryl/α,β-unsaturated/α-hetero) is 1. The highest BCUT2D eigenvalue weighted by Crippen LogP contribution is 2.33. The van der Waals surface area contributed by atoms with Crippen LogP contribution >= 0.6 is 24.0 Å². The number of carbonyl (C=O) groups excluding carboxylic acids is 1. The monoisotopic (exact) mass is 232 g/mol. The lowest BCUT2D eigenvalue weighted by atomic mass is 10.1. The molecule has 2 unspecified atom stereocenters. The summed E-state index contributed by atoms with van der Waals surface area (Å²) in [5.41, 5.74) is 0. The average molecular weight is 232 g/mol. The van der Waals surface area contributed by atoms with E-state index in [4.69, 9.17) is 17.0 Å². The number of rotatable bonds is 2. The second kappa shape index (κ2) is 5.12. The molecule has 0 N–H and O–H groups in total. The van der Waals surface area contributed by atoms with Gasteiger partial charge in [0.25, 0.3) is 0 Å². The molecule has 0 spiro atoms. The maximum Gasteiger partial charge on any atom is 0.220 e. The van der Waals surface area contributed by atoms with E-state index in [9.17, 15) is 4.79 Å². The van der Waals surface area contributed by atoms with Gasteiger partial charge in [-0.05, 0) is 38.4 Å². The first kappa shape index (κ1) is 12.0. The quantitative estimate of drug-likeness (QED) is 0.684. The first-order valence-electron chi connectivity index (χ1n) is 4.90. The van der Waals surface area contributed by atoms with Crippen molar-refractivity contribution in [1.29, 1.82) is 0 Å². The van der Waals surface area contributed by atoms with Gasteiger partial charge in [0, 0.05) is 6.42 Å². The molecule has 2 nitrogen and oxygen atoms in total. The molecule has 2 atom stereocenters. The Morgan fingerprint density at radius 2 is 2.29 bits per heavy atom. The van der Waals surface area contributed by atoms with E-state index in [0.29, 0.717) is 22.5 Å². The minimum Gasteiger partial charge on any atom is -0.476 e. The number of thiocarbonyl (C=S) groups is 1. The van der Waals surface area contributed by atoms with Gasteiger partial charge in [0.15, 0.2) is 0 Å². The number of hydrogen-bond acceptors (Lipinski definition) is 4. The predicted octanol–water partition coefficient (Wildman–Crippen LogP) is 2.80. The molecule has 14 heavy (non-hydrogen) atoms. The van der Waals surface area contributed by atoms with Gasteiger partial charge >= 0.3 is 0 Å². The van der Waals surface area contributed by atoms with Crippen molar-refractivity contribution in [1.82, 2.24) is 0 Å². The van der Waals surface area contributed by atoms with Crippen LogP contribution in [0.5, 0.6) is 0 Å². The maximum absolute atomic E-state index is 11.5. The summed E-state index contributed by atoms with van der Waals surface area (Å²) in [6, 6.07) is 0. The zero-order valence-electron chi connectivity index (χ0n) is 8.78. The third kappa shape index (κ3) is 3.24. The Morgan fingerprint density at radius 3 is 2.71 bits per heavy atom. The molecular formula is C10H16O2S2. The molecule has 0 bridgehead atoms. The first-order valence-corrected chi connectivity index (χ1v) is 6.19. The predicted molar refractivity (Wildman–Crippen MR) is 63.6 cm³/mol. The fourth-order valence-electron chi connectivity index (χ4n) is 1.49. The lowest BCUT2D eigenvalue weighted by Crippen LogP contribution is -2.19. The summed E-state index contributed by atoms with van der Waals surface area (Å²) in [5, 5.41) is 0.0289. The van der Waals surface area contributed by atoms with E-state index in [1.165, 1.54) is 11.8 Å². The van der Waals surface area contributed by atoms with E-state index in [-0.39, 0.29) is 11.4 Å². The Bertz CT molecular complexity index is 238. The van der Waals surface area contributed by atoms with Crippen molar-refractivity contribution in [3.05, 3.63) is 0 Å². The summed E-state index contributed by atoms with van der Waals surface area (Å²) < 4.78 is 5.86. The summed E-state index contributed by atoms with van der Waals surface area (Å²) in [4.78, 5) is 11.5. The van der Waals surface area contributed by atoms with Crippen LogP contribution in [0.3, 0.4) is 0 Å².